The molecule has 0 bridgehead atoms. The van der Waals surface area contributed by atoms with Crippen LogP contribution in [0.15, 0.2) is 28.7 Å². The molecular formula is C14H17NO3. The third-order valence-electron chi connectivity index (χ3n) is 2.87. The van der Waals surface area contributed by atoms with Crippen LogP contribution >= 0.6 is 0 Å². The van der Waals surface area contributed by atoms with E-state index in [1.54, 1.807) is 6.07 Å². The predicted molar refractivity (Wildman–Crippen MR) is 71.2 cm³/mol. The second kappa shape index (κ2) is 5.58. The first-order valence-corrected chi connectivity index (χ1v) is 6.22. The fraction of sp³-hybridized carbons (Fsp3) is 0.357. The first-order chi connectivity index (χ1) is 8.74. The molecule has 0 spiro atoms. The van der Waals surface area contributed by atoms with Gasteiger partial charge in [0.1, 0.15) is 5.58 Å². The number of nitrogens with one attached hydrogen (secondary N) is 1. The van der Waals surface area contributed by atoms with E-state index < -0.39 is 5.97 Å². The summed E-state index contributed by atoms with van der Waals surface area (Å²) >= 11 is 0. The number of aromatic carboxylic acids is 1. The fourth-order valence-corrected chi connectivity index (χ4v) is 1.96. The fourth-order valence-electron chi connectivity index (χ4n) is 1.96. The molecule has 0 aliphatic carbocycles. The lowest BCUT2D eigenvalue weighted by Crippen LogP contribution is -2.05. The van der Waals surface area contributed by atoms with Crippen molar-refractivity contribution in [3.05, 3.63) is 30.0 Å². The molecule has 1 aromatic heterocycles. The Hall–Kier alpha value is -1.97. The first-order valence-electron chi connectivity index (χ1n) is 6.22. The number of hydrogen-bond acceptors (Lipinski definition) is 3. The lowest BCUT2D eigenvalue weighted by Gasteiger charge is -2.04. The van der Waals surface area contributed by atoms with Gasteiger partial charge in [0, 0.05) is 11.9 Å². The van der Waals surface area contributed by atoms with Crippen molar-refractivity contribution in [2.45, 2.75) is 26.2 Å². The summed E-state index contributed by atoms with van der Waals surface area (Å²) in [7, 11) is 0. The molecule has 0 amide bonds. The Bertz CT molecular complexity index is 545. The Kier molecular flexibility index (Phi) is 3.87. The number of fused-ring (bicyclic) bond motifs is 1. The Balaban J connectivity index is 2.27. The summed E-state index contributed by atoms with van der Waals surface area (Å²) < 4.78 is 5.36. The molecule has 4 heteroatoms. The van der Waals surface area contributed by atoms with Crippen LogP contribution in [0.2, 0.25) is 0 Å². The summed E-state index contributed by atoms with van der Waals surface area (Å²) in [4.78, 5) is 11.1. The highest BCUT2D eigenvalue weighted by Gasteiger charge is 2.19. The molecule has 0 radical (unpaired) electrons. The van der Waals surface area contributed by atoms with Gasteiger partial charge >= 0.3 is 5.97 Å². The molecule has 0 fully saturated rings. The standard InChI is InChI=1S/C14H17NO3/c1-2-3-6-9-15-12-10-7-4-5-8-11(10)18-13(12)14(16)17/h4-5,7-8,15H,2-3,6,9H2,1H3,(H,16,17). The van der Waals surface area contributed by atoms with E-state index in [1.165, 1.54) is 0 Å². The molecule has 1 heterocycles. The molecule has 18 heavy (non-hydrogen) atoms. The van der Waals surface area contributed by atoms with Crippen molar-refractivity contribution in [1.82, 2.24) is 0 Å². The van der Waals surface area contributed by atoms with Crippen molar-refractivity contribution >= 4 is 22.6 Å². The van der Waals surface area contributed by atoms with Crippen LogP contribution in [-0.2, 0) is 0 Å². The van der Waals surface area contributed by atoms with Crippen LogP contribution < -0.4 is 5.32 Å². The molecule has 0 atom stereocenters. The molecule has 4 nitrogen and oxygen atoms in total. The van der Waals surface area contributed by atoms with E-state index >= 15 is 0 Å². The highest BCUT2D eigenvalue weighted by Crippen LogP contribution is 2.30. The van der Waals surface area contributed by atoms with Crippen molar-refractivity contribution in [1.29, 1.82) is 0 Å². The number of carbonyl (C=O) groups is 1. The number of para-hydroxylation sites is 1. The molecule has 96 valence electrons. The second-order valence-electron chi connectivity index (χ2n) is 4.24. The summed E-state index contributed by atoms with van der Waals surface area (Å²) in [5.74, 6) is -1.04. The first kappa shape index (κ1) is 12.5. The van der Waals surface area contributed by atoms with Gasteiger partial charge in [-0.2, -0.15) is 0 Å². The van der Waals surface area contributed by atoms with Crippen LogP contribution in [0.1, 0.15) is 36.7 Å². The van der Waals surface area contributed by atoms with Crippen LogP contribution in [0.25, 0.3) is 11.0 Å². The SMILES string of the molecule is CCCCCNc1c(C(=O)O)oc2ccccc12. The zero-order valence-corrected chi connectivity index (χ0v) is 10.4. The maximum atomic E-state index is 11.1. The number of benzene rings is 1. The van der Waals surface area contributed by atoms with Gasteiger partial charge < -0.3 is 14.8 Å². The normalized spacial score (nSPS) is 10.7. The second-order valence-corrected chi connectivity index (χ2v) is 4.24. The zero-order chi connectivity index (χ0) is 13.0. The maximum absolute atomic E-state index is 11.1. The molecule has 2 rings (SSSR count). The van der Waals surface area contributed by atoms with Crippen molar-refractivity contribution in [2.24, 2.45) is 0 Å². The molecule has 2 aromatic rings. The topological polar surface area (TPSA) is 62.5 Å². The lowest BCUT2D eigenvalue weighted by molar-refractivity contribution is 0.0666. The molecule has 0 saturated carbocycles. The van der Waals surface area contributed by atoms with E-state index in [1.807, 2.05) is 18.2 Å². The monoisotopic (exact) mass is 247 g/mol. The van der Waals surface area contributed by atoms with E-state index in [9.17, 15) is 4.79 Å². The van der Waals surface area contributed by atoms with E-state index in [2.05, 4.69) is 12.2 Å². The summed E-state index contributed by atoms with van der Waals surface area (Å²) in [6.07, 6.45) is 3.29. The minimum absolute atomic E-state index is 0.00676. The van der Waals surface area contributed by atoms with Crippen LogP contribution in [0.3, 0.4) is 0 Å². The lowest BCUT2D eigenvalue weighted by atomic mass is 10.2. The van der Waals surface area contributed by atoms with Crippen LogP contribution in [0.4, 0.5) is 5.69 Å². The molecule has 0 aliphatic rings. The molecule has 1 aromatic carbocycles. The van der Waals surface area contributed by atoms with Gasteiger partial charge in [-0.25, -0.2) is 4.79 Å². The number of hydrogen-bond donors (Lipinski definition) is 2. The highest BCUT2D eigenvalue weighted by molar-refractivity contribution is 6.03. The van der Waals surface area contributed by atoms with Crippen molar-refractivity contribution in [2.75, 3.05) is 11.9 Å². The summed E-state index contributed by atoms with van der Waals surface area (Å²) in [5, 5.41) is 13.1. The maximum Gasteiger partial charge on any atom is 0.374 e. The minimum Gasteiger partial charge on any atom is -0.475 e. The quantitative estimate of drug-likeness (QED) is 0.763. The molecule has 0 aliphatic heterocycles. The van der Waals surface area contributed by atoms with Gasteiger partial charge in [-0.05, 0) is 18.6 Å². The average Bonchev–Trinajstić information content (AvgIpc) is 2.74. The van der Waals surface area contributed by atoms with Crippen LogP contribution in [0, 0.1) is 0 Å². The van der Waals surface area contributed by atoms with Gasteiger partial charge in [-0.15, -0.1) is 0 Å². The summed E-state index contributed by atoms with van der Waals surface area (Å²) in [6, 6.07) is 7.35. The van der Waals surface area contributed by atoms with Gasteiger partial charge in [0.2, 0.25) is 5.76 Å². The van der Waals surface area contributed by atoms with Crippen molar-refractivity contribution in [3.8, 4) is 0 Å². The van der Waals surface area contributed by atoms with E-state index in [0.29, 0.717) is 11.3 Å². The number of carboxylic acid groups (broad SMARTS) is 1. The van der Waals surface area contributed by atoms with Gasteiger partial charge in [-0.1, -0.05) is 31.9 Å². The number of rotatable bonds is 6. The molecular weight excluding hydrogens is 230 g/mol. The summed E-state index contributed by atoms with van der Waals surface area (Å²) in [6.45, 7) is 2.90. The number of anilines is 1. The largest absolute Gasteiger partial charge is 0.475 e. The van der Waals surface area contributed by atoms with Crippen LogP contribution in [0.5, 0.6) is 0 Å². The van der Waals surface area contributed by atoms with E-state index in [4.69, 9.17) is 9.52 Å². The van der Waals surface area contributed by atoms with E-state index in [-0.39, 0.29) is 5.76 Å². The van der Waals surface area contributed by atoms with Gasteiger partial charge in [-0.3, -0.25) is 0 Å². The van der Waals surface area contributed by atoms with Crippen LogP contribution in [-0.4, -0.2) is 17.6 Å². The third-order valence-corrected chi connectivity index (χ3v) is 2.87. The van der Waals surface area contributed by atoms with Crippen molar-refractivity contribution < 1.29 is 14.3 Å². The molecule has 0 saturated heterocycles. The Labute approximate surface area is 106 Å². The number of unbranched alkanes of at least 4 members (excludes halogenated alkanes) is 2. The minimum atomic E-state index is -1.04. The van der Waals surface area contributed by atoms with Gasteiger partial charge in [0.05, 0.1) is 5.69 Å². The number of furan rings is 1. The Morgan fingerprint density at radius 2 is 2.11 bits per heavy atom. The Morgan fingerprint density at radius 3 is 2.83 bits per heavy atom. The van der Waals surface area contributed by atoms with Gasteiger partial charge in [0.25, 0.3) is 0 Å². The zero-order valence-electron chi connectivity index (χ0n) is 10.4. The average molecular weight is 247 g/mol. The highest BCUT2D eigenvalue weighted by atomic mass is 16.4. The predicted octanol–water partition coefficient (Wildman–Crippen LogP) is 3.73. The molecule has 0 unspecified atom stereocenters. The number of carboxylic acids is 1. The van der Waals surface area contributed by atoms with Gasteiger partial charge in [0.15, 0.2) is 0 Å². The van der Waals surface area contributed by atoms with E-state index in [0.717, 1.165) is 31.2 Å². The Morgan fingerprint density at radius 1 is 1.33 bits per heavy atom. The van der Waals surface area contributed by atoms with Crippen molar-refractivity contribution in [3.63, 3.8) is 0 Å². The third kappa shape index (κ3) is 2.47. The summed E-state index contributed by atoms with van der Waals surface area (Å²) in [5.41, 5.74) is 1.20. The smallest absolute Gasteiger partial charge is 0.374 e. The molecule has 2 N–H and O–H groups in total.